The molecule has 5 nitrogen and oxygen atoms in total. The van der Waals surface area contributed by atoms with E-state index in [1.807, 2.05) is 6.07 Å². The number of hydrogen-bond donors (Lipinski definition) is 1. The van der Waals surface area contributed by atoms with E-state index in [0.717, 1.165) is 38.6 Å². The molecule has 0 spiro atoms. The van der Waals surface area contributed by atoms with Crippen LogP contribution in [-0.2, 0) is 9.59 Å². The molecule has 0 radical (unpaired) electrons. The van der Waals surface area contributed by atoms with Crippen LogP contribution in [0.3, 0.4) is 0 Å². The van der Waals surface area contributed by atoms with Crippen molar-refractivity contribution in [3.8, 4) is 6.07 Å². The van der Waals surface area contributed by atoms with Gasteiger partial charge in [0.05, 0.1) is 12.6 Å². The number of carbonyl (C=O) groups is 2. The number of hydrogen-bond acceptors (Lipinski definition) is 4. The maximum Gasteiger partial charge on any atom is 0.235 e. The van der Waals surface area contributed by atoms with Crippen molar-refractivity contribution in [1.82, 2.24) is 10.2 Å². The Balaban J connectivity index is 1.91. The fourth-order valence-corrected chi connectivity index (χ4v) is 3.30. The number of rotatable bonds is 4. The van der Waals surface area contributed by atoms with Crippen LogP contribution in [0.1, 0.15) is 38.5 Å². The van der Waals surface area contributed by atoms with Crippen LogP contribution in [-0.4, -0.2) is 42.3 Å². The minimum absolute atomic E-state index is 0.0553. The molecular formula is C14H21N3O2. The summed E-state index contributed by atoms with van der Waals surface area (Å²) in [6, 6.07) is 2.14. The zero-order chi connectivity index (χ0) is 13.7. The molecule has 1 aliphatic heterocycles. The van der Waals surface area contributed by atoms with Gasteiger partial charge in [0.2, 0.25) is 5.91 Å². The molecule has 5 heteroatoms. The molecule has 1 N–H and O–H groups in total. The van der Waals surface area contributed by atoms with Gasteiger partial charge in [0.25, 0.3) is 0 Å². The lowest BCUT2D eigenvalue weighted by Gasteiger charge is -2.32. The number of nitrogens with zero attached hydrogens (tertiary/aromatic N) is 2. The number of nitriles is 1. The van der Waals surface area contributed by atoms with E-state index in [9.17, 15) is 9.59 Å². The molecule has 104 valence electrons. The first kappa shape index (κ1) is 14.0. The molecule has 1 saturated carbocycles. The van der Waals surface area contributed by atoms with E-state index < -0.39 is 0 Å². The molecule has 2 atom stereocenters. The molecule has 1 amide bonds. The van der Waals surface area contributed by atoms with Crippen molar-refractivity contribution >= 4 is 11.7 Å². The fraction of sp³-hybridized carbons (Fsp3) is 0.786. The van der Waals surface area contributed by atoms with Crippen LogP contribution < -0.4 is 5.32 Å². The Morgan fingerprint density at radius 1 is 1.37 bits per heavy atom. The summed E-state index contributed by atoms with van der Waals surface area (Å²) in [6.07, 6.45) is 5.89. The molecule has 0 bridgehead atoms. The average molecular weight is 263 g/mol. The van der Waals surface area contributed by atoms with Crippen LogP contribution >= 0.6 is 0 Å². The smallest absolute Gasteiger partial charge is 0.235 e. The SMILES string of the molecule is N#CCNC(=O)CN1CCCC1C1CCCCC1=O. The predicted molar refractivity (Wildman–Crippen MR) is 70.2 cm³/mol. The lowest BCUT2D eigenvalue weighted by atomic mass is 9.82. The zero-order valence-corrected chi connectivity index (χ0v) is 11.2. The maximum atomic E-state index is 12.0. The van der Waals surface area contributed by atoms with Gasteiger partial charge in [0, 0.05) is 18.4 Å². The molecule has 0 aromatic heterocycles. The zero-order valence-electron chi connectivity index (χ0n) is 11.2. The normalized spacial score (nSPS) is 28.1. The number of ketones is 1. The minimum Gasteiger partial charge on any atom is -0.342 e. The van der Waals surface area contributed by atoms with Gasteiger partial charge in [-0.05, 0) is 32.2 Å². The van der Waals surface area contributed by atoms with E-state index >= 15 is 0 Å². The number of carbonyl (C=O) groups excluding carboxylic acids is 2. The summed E-state index contributed by atoms with van der Waals surface area (Å²) in [7, 11) is 0. The van der Waals surface area contributed by atoms with Gasteiger partial charge >= 0.3 is 0 Å². The quantitative estimate of drug-likeness (QED) is 0.763. The number of nitrogens with one attached hydrogen (secondary N) is 1. The standard InChI is InChI=1S/C14H21N3O2/c15-7-8-16-14(19)10-17-9-3-5-12(17)11-4-1-2-6-13(11)18/h11-12H,1-6,8-10H2,(H,16,19). The largest absolute Gasteiger partial charge is 0.342 e. The highest BCUT2D eigenvalue weighted by Crippen LogP contribution is 2.32. The first-order valence-electron chi connectivity index (χ1n) is 7.13. The molecular weight excluding hydrogens is 242 g/mol. The first-order valence-corrected chi connectivity index (χ1v) is 7.13. The fourth-order valence-electron chi connectivity index (χ4n) is 3.30. The lowest BCUT2D eigenvalue weighted by molar-refractivity contribution is -0.128. The summed E-state index contributed by atoms with van der Waals surface area (Å²) in [4.78, 5) is 25.8. The second kappa shape index (κ2) is 6.67. The molecule has 2 aliphatic rings. The molecule has 19 heavy (non-hydrogen) atoms. The molecule has 0 aromatic rings. The third kappa shape index (κ3) is 3.54. The number of Topliss-reactive ketones (excluding diaryl/α,β-unsaturated/α-hetero) is 1. The van der Waals surface area contributed by atoms with E-state index in [2.05, 4.69) is 10.2 Å². The highest BCUT2D eigenvalue weighted by atomic mass is 16.2. The summed E-state index contributed by atoms with van der Waals surface area (Å²) in [5, 5.41) is 11.0. The highest BCUT2D eigenvalue weighted by molar-refractivity contribution is 5.82. The van der Waals surface area contributed by atoms with Gasteiger partial charge in [-0.3, -0.25) is 14.5 Å². The van der Waals surface area contributed by atoms with Gasteiger partial charge in [-0.2, -0.15) is 5.26 Å². The van der Waals surface area contributed by atoms with Crippen molar-refractivity contribution in [3.63, 3.8) is 0 Å². The molecule has 2 fully saturated rings. The van der Waals surface area contributed by atoms with Crippen molar-refractivity contribution in [1.29, 1.82) is 5.26 Å². The maximum absolute atomic E-state index is 12.0. The Labute approximate surface area is 113 Å². The minimum atomic E-state index is -0.114. The van der Waals surface area contributed by atoms with Gasteiger partial charge in [-0.15, -0.1) is 0 Å². The third-order valence-electron chi connectivity index (χ3n) is 4.19. The summed E-state index contributed by atoms with van der Waals surface area (Å²) < 4.78 is 0. The van der Waals surface area contributed by atoms with Crippen molar-refractivity contribution in [2.75, 3.05) is 19.6 Å². The van der Waals surface area contributed by atoms with Crippen molar-refractivity contribution in [3.05, 3.63) is 0 Å². The van der Waals surface area contributed by atoms with Crippen LogP contribution in [0.5, 0.6) is 0 Å². The summed E-state index contributed by atoms with van der Waals surface area (Å²) in [6.45, 7) is 1.25. The van der Waals surface area contributed by atoms with Gasteiger partial charge in [-0.1, -0.05) is 6.42 Å². The second-order valence-electron chi connectivity index (χ2n) is 5.43. The van der Waals surface area contributed by atoms with E-state index in [0.29, 0.717) is 18.7 Å². The number of likely N-dealkylation sites (tertiary alicyclic amines) is 1. The Hall–Kier alpha value is -1.41. The summed E-state index contributed by atoms with van der Waals surface area (Å²) in [5.41, 5.74) is 0. The molecule has 1 saturated heterocycles. The predicted octanol–water partition coefficient (Wildman–Crippen LogP) is 0.850. The van der Waals surface area contributed by atoms with Crippen molar-refractivity contribution in [2.45, 2.75) is 44.6 Å². The molecule has 1 aliphatic carbocycles. The van der Waals surface area contributed by atoms with Crippen LogP contribution in [0.15, 0.2) is 0 Å². The second-order valence-corrected chi connectivity index (χ2v) is 5.43. The lowest BCUT2D eigenvalue weighted by Crippen LogP contribution is -2.45. The van der Waals surface area contributed by atoms with Crippen LogP contribution in [0.25, 0.3) is 0 Å². The Bertz CT molecular complexity index is 389. The van der Waals surface area contributed by atoms with E-state index in [4.69, 9.17) is 5.26 Å². The van der Waals surface area contributed by atoms with Gasteiger partial charge in [0.15, 0.2) is 0 Å². The topological polar surface area (TPSA) is 73.2 Å². The van der Waals surface area contributed by atoms with Crippen molar-refractivity contribution < 1.29 is 9.59 Å². The first-order chi connectivity index (χ1) is 9.22. The average Bonchev–Trinajstić information content (AvgIpc) is 2.85. The number of amides is 1. The molecule has 2 unspecified atom stereocenters. The molecule has 2 rings (SSSR count). The van der Waals surface area contributed by atoms with Crippen LogP contribution in [0.2, 0.25) is 0 Å². The van der Waals surface area contributed by atoms with Crippen molar-refractivity contribution in [2.24, 2.45) is 5.92 Å². The van der Waals surface area contributed by atoms with Gasteiger partial charge in [-0.25, -0.2) is 0 Å². The van der Waals surface area contributed by atoms with Crippen LogP contribution in [0, 0.1) is 17.2 Å². The highest BCUT2D eigenvalue weighted by Gasteiger charge is 2.37. The monoisotopic (exact) mass is 263 g/mol. The van der Waals surface area contributed by atoms with Gasteiger partial charge < -0.3 is 5.32 Å². The Morgan fingerprint density at radius 2 is 2.21 bits per heavy atom. The van der Waals surface area contributed by atoms with E-state index in [1.54, 1.807) is 0 Å². The third-order valence-corrected chi connectivity index (χ3v) is 4.19. The summed E-state index contributed by atoms with van der Waals surface area (Å²) in [5.74, 6) is 0.386. The molecule has 0 aromatic carbocycles. The Kier molecular flexibility index (Phi) is 4.92. The van der Waals surface area contributed by atoms with Gasteiger partial charge in [0.1, 0.15) is 12.3 Å². The van der Waals surface area contributed by atoms with Crippen LogP contribution in [0.4, 0.5) is 0 Å². The van der Waals surface area contributed by atoms with E-state index in [-0.39, 0.29) is 24.4 Å². The Morgan fingerprint density at radius 3 is 2.95 bits per heavy atom. The molecule has 1 heterocycles. The summed E-state index contributed by atoms with van der Waals surface area (Å²) >= 11 is 0. The van der Waals surface area contributed by atoms with E-state index in [1.165, 1.54) is 0 Å².